The van der Waals surface area contributed by atoms with Crippen molar-refractivity contribution in [3.63, 3.8) is 0 Å². The van der Waals surface area contributed by atoms with Crippen LogP contribution in [0.25, 0.3) is 10.9 Å². The predicted octanol–water partition coefficient (Wildman–Crippen LogP) is 3.66. The molecule has 0 unspecified atom stereocenters. The fourth-order valence-corrected chi connectivity index (χ4v) is 2.50. The van der Waals surface area contributed by atoms with Gasteiger partial charge < -0.3 is 14.9 Å². The highest BCUT2D eigenvalue weighted by Crippen LogP contribution is 2.38. The van der Waals surface area contributed by atoms with Crippen LogP contribution in [0.3, 0.4) is 0 Å². The first-order valence-corrected chi connectivity index (χ1v) is 7.66. The molecule has 8 nitrogen and oxygen atoms in total. The Morgan fingerprint density at radius 1 is 1.27 bits per heavy atom. The number of azo groups is 1. The number of pyridine rings is 1. The monoisotopic (exact) mass is 349 g/mol. The highest BCUT2D eigenvalue weighted by Gasteiger charge is 2.16. The van der Waals surface area contributed by atoms with Crippen molar-refractivity contribution in [1.82, 2.24) is 9.55 Å². The van der Waals surface area contributed by atoms with Crippen LogP contribution in [0.15, 0.2) is 70.6 Å². The first kappa shape index (κ1) is 17.0. The number of para-hydroxylation sites is 1. The summed E-state index contributed by atoms with van der Waals surface area (Å²) in [7, 11) is 0. The number of carbonyl (C=O) groups is 1. The largest absolute Gasteiger partial charge is 0.493 e. The topological polar surface area (TPSA) is 112 Å². The van der Waals surface area contributed by atoms with Crippen LogP contribution in [-0.4, -0.2) is 32.0 Å². The van der Waals surface area contributed by atoms with E-state index in [0.29, 0.717) is 17.6 Å². The minimum atomic E-state index is -0.607. The van der Waals surface area contributed by atoms with Crippen molar-refractivity contribution in [2.75, 3.05) is 0 Å². The Morgan fingerprint density at radius 2 is 2.08 bits per heavy atom. The summed E-state index contributed by atoms with van der Waals surface area (Å²) in [6.07, 6.45) is 4.10. The summed E-state index contributed by atoms with van der Waals surface area (Å²) in [5, 5.41) is 30.1. The lowest BCUT2D eigenvalue weighted by atomic mass is 10.2. The molecule has 130 valence electrons. The minimum absolute atomic E-state index is 0.0877. The number of rotatable bonds is 5. The van der Waals surface area contributed by atoms with E-state index in [4.69, 9.17) is 5.21 Å². The molecule has 3 aromatic rings. The lowest BCUT2D eigenvalue weighted by Crippen LogP contribution is -1.96. The van der Waals surface area contributed by atoms with Gasteiger partial charge in [0.2, 0.25) is 5.88 Å². The summed E-state index contributed by atoms with van der Waals surface area (Å²) in [6.45, 7) is 4.07. The summed E-state index contributed by atoms with van der Waals surface area (Å²) in [5.74, 6) is -0.694. The maximum absolute atomic E-state index is 12.2. The Kier molecular flexibility index (Phi) is 4.84. The molecule has 8 heteroatoms. The van der Waals surface area contributed by atoms with Crippen LogP contribution >= 0.6 is 0 Å². The molecule has 0 saturated carbocycles. The van der Waals surface area contributed by atoms with Gasteiger partial charge in [-0.25, -0.2) is 0 Å². The van der Waals surface area contributed by atoms with Gasteiger partial charge in [0.05, 0.1) is 23.0 Å². The Hall–Kier alpha value is -3.81. The standard InChI is InChI=1S/C18H15N5O3/c1-2-9-23-15-6-4-3-5-14(15)16(18(23)25)21-22-17(24)12-7-8-13(11-20-26)19-10-12/h2-8,10-11,25-26H,1,9H2. The number of oxime groups is 1. The molecule has 0 spiro atoms. The van der Waals surface area contributed by atoms with Crippen molar-refractivity contribution in [3.05, 3.63) is 66.5 Å². The SMILES string of the molecule is C=CCn1c(O)c(N=NC(=O)c2ccc(C=NO)nc2)c2ccccc21. The second-order valence-corrected chi connectivity index (χ2v) is 5.31. The molecular weight excluding hydrogens is 334 g/mol. The second kappa shape index (κ2) is 7.39. The molecule has 2 N–H and O–H groups in total. The number of benzene rings is 1. The summed E-state index contributed by atoms with van der Waals surface area (Å²) < 4.78 is 1.63. The fourth-order valence-electron chi connectivity index (χ4n) is 2.50. The fraction of sp³-hybridized carbons (Fsp3) is 0.0556. The van der Waals surface area contributed by atoms with E-state index in [9.17, 15) is 9.90 Å². The molecule has 0 bridgehead atoms. The van der Waals surface area contributed by atoms with Crippen molar-refractivity contribution >= 4 is 28.7 Å². The highest BCUT2D eigenvalue weighted by atomic mass is 16.4. The van der Waals surface area contributed by atoms with Gasteiger partial charge in [0.1, 0.15) is 0 Å². The number of fused-ring (bicyclic) bond motifs is 1. The summed E-state index contributed by atoms with van der Waals surface area (Å²) in [4.78, 5) is 16.1. The molecule has 2 heterocycles. The normalized spacial score (nSPS) is 11.5. The summed E-state index contributed by atoms with van der Waals surface area (Å²) in [6, 6.07) is 10.3. The highest BCUT2D eigenvalue weighted by molar-refractivity contribution is 5.97. The molecule has 0 saturated heterocycles. The Morgan fingerprint density at radius 3 is 2.77 bits per heavy atom. The molecule has 26 heavy (non-hydrogen) atoms. The van der Waals surface area contributed by atoms with E-state index >= 15 is 0 Å². The summed E-state index contributed by atoms with van der Waals surface area (Å²) >= 11 is 0. The van der Waals surface area contributed by atoms with Crippen molar-refractivity contribution < 1.29 is 15.1 Å². The first-order valence-electron chi connectivity index (χ1n) is 7.66. The van der Waals surface area contributed by atoms with Gasteiger partial charge in [0.25, 0.3) is 5.91 Å². The van der Waals surface area contributed by atoms with Gasteiger partial charge in [-0.05, 0) is 18.2 Å². The van der Waals surface area contributed by atoms with Gasteiger partial charge in [-0.3, -0.25) is 9.78 Å². The lowest BCUT2D eigenvalue weighted by Gasteiger charge is -2.01. The third-order valence-electron chi connectivity index (χ3n) is 3.69. The second-order valence-electron chi connectivity index (χ2n) is 5.31. The average Bonchev–Trinajstić information content (AvgIpc) is 2.93. The minimum Gasteiger partial charge on any atom is -0.493 e. The zero-order valence-electron chi connectivity index (χ0n) is 13.6. The van der Waals surface area contributed by atoms with Crippen molar-refractivity contribution in [2.45, 2.75) is 6.54 Å². The molecule has 1 aromatic carbocycles. The Balaban J connectivity index is 1.94. The average molecular weight is 349 g/mol. The van der Waals surface area contributed by atoms with Crippen LogP contribution < -0.4 is 0 Å². The maximum atomic E-state index is 12.2. The summed E-state index contributed by atoms with van der Waals surface area (Å²) in [5.41, 5.74) is 1.60. The van der Waals surface area contributed by atoms with E-state index < -0.39 is 5.91 Å². The van der Waals surface area contributed by atoms with E-state index in [-0.39, 0.29) is 17.1 Å². The molecule has 0 aliphatic carbocycles. The van der Waals surface area contributed by atoms with Gasteiger partial charge in [0, 0.05) is 18.1 Å². The molecule has 0 aliphatic rings. The van der Waals surface area contributed by atoms with Crippen molar-refractivity contribution in [1.29, 1.82) is 0 Å². The Bertz CT molecular complexity index is 1020. The molecule has 0 radical (unpaired) electrons. The number of hydrogen-bond acceptors (Lipinski definition) is 6. The van der Waals surface area contributed by atoms with Gasteiger partial charge in [-0.2, -0.15) is 0 Å². The third-order valence-corrected chi connectivity index (χ3v) is 3.69. The molecule has 0 atom stereocenters. The first-order chi connectivity index (χ1) is 12.7. The Labute approximate surface area is 148 Å². The van der Waals surface area contributed by atoms with Crippen LogP contribution in [0.5, 0.6) is 5.88 Å². The smallest absolute Gasteiger partial charge is 0.296 e. The van der Waals surface area contributed by atoms with Crippen molar-refractivity contribution in [2.24, 2.45) is 15.4 Å². The number of allylic oxidation sites excluding steroid dienone is 1. The van der Waals surface area contributed by atoms with E-state index in [1.807, 2.05) is 18.2 Å². The number of nitrogens with zero attached hydrogens (tertiary/aromatic N) is 5. The maximum Gasteiger partial charge on any atom is 0.296 e. The molecule has 0 aliphatic heterocycles. The number of aromatic hydroxyl groups is 1. The quantitative estimate of drug-likeness (QED) is 0.241. The van der Waals surface area contributed by atoms with Gasteiger partial charge in [-0.1, -0.05) is 29.4 Å². The van der Waals surface area contributed by atoms with Gasteiger partial charge in [-0.15, -0.1) is 16.8 Å². The van der Waals surface area contributed by atoms with E-state index in [1.165, 1.54) is 18.3 Å². The lowest BCUT2D eigenvalue weighted by molar-refractivity contribution is 0.0994. The molecule has 1 amide bonds. The van der Waals surface area contributed by atoms with Crippen molar-refractivity contribution in [3.8, 4) is 5.88 Å². The molecule has 3 rings (SSSR count). The van der Waals surface area contributed by atoms with E-state index in [0.717, 1.165) is 11.7 Å². The molecule has 0 fully saturated rings. The van der Waals surface area contributed by atoms with Gasteiger partial charge in [0.15, 0.2) is 5.69 Å². The van der Waals surface area contributed by atoms with Crippen LogP contribution in [-0.2, 0) is 6.54 Å². The van der Waals surface area contributed by atoms with Crippen LogP contribution in [0, 0.1) is 0 Å². The third kappa shape index (κ3) is 3.20. The van der Waals surface area contributed by atoms with E-state index in [1.54, 1.807) is 16.7 Å². The number of carbonyl (C=O) groups excluding carboxylic acids is 1. The van der Waals surface area contributed by atoms with Crippen LogP contribution in [0.2, 0.25) is 0 Å². The number of aromatic nitrogens is 2. The predicted molar refractivity (Wildman–Crippen MR) is 96.3 cm³/mol. The van der Waals surface area contributed by atoms with Crippen LogP contribution in [0.1, 0.15) is 16.1 Å². The zero-order valence-corrected chi connectivity index (χ0v) is 13.6. The van der Waals surface area contributed by atoms with Gasteiger partial charge >= 0.3 is 0 Å². The van der Waals surface area contributed by atoms with E-state index in [2.05, 4.69) is 26.9 Å². The number of hydrogen-bond donors (Lipinski definition) is 2. The molecule has 2 aromatic heterocycles. The number of amides is 1. The van der Waals surface area contributed by atoms with Crippen LogP contribution in [0.4, 0.5) is 5.69 Å². The zero-order chi connectivity index (χ0) is 18.5. The molecular formula is C18H15N5O3.